The minimum absolute atomic E-state index is 0.498. The van der Waals surface area contributed by atoms with Crippen LogP contribution in [0.15, 0.2) is 0 Å². The molecule has 0 bridgehead atoms. The minimum atomic E-state index is -0.498. The SMILES string of the molecule is COCCN(CC1(O)CCNCC1)C(C)C1CC1. The van der Waals surface area contributed by atoms with Gasteiger partial charge in [-0.15, -0.1) is 0 Å². The zero-order valence-electron chi connectivity index (χ0n) is 11.8. The second kappa shape index (κ2) is 6.33. The average molecular weight is 256 g/mol. The van der Waals surface area contributed by atoms with E-state index in [0.29, 0.717) is 6.04 Å². The van der Waals surface area contributed by atoms with E-state index in [-0.39, 0.29) is 0 Å². The quantitative estimate of drug-likeness (QED) is 0.709. The van der Waals surface area contributed by atoms with Crippen LogP contribution in [0.4, 0.5) is 0 Å². The van der Waals surface area contributed by atoms with E-state index in [2.05, 4.69) is 17.1 Å². The van der Waals surface area contributed by atoms with E-state index in [1.54, 1.807) is 7.11 Å². The Bertz CT molecular complexity index is 250. The molecule has 1 saturated carbocycles. The molecule has 2 fully saturated rings. The molecule has 1 aliphatic carbocycles. The molecule has 0 aromatic carbocycles. The molecule has 2 aliphatic rings. The summed E-state index contributed by atoms with van der Waals surface area (Å²) in [6.07, 6.45) is 4.44. The maximum atomic E-state index is 10.7. The molecule has 0 radical (unpaired) electrons. The van der Waals surface area contributed by atoms with Crippen LogP contribution in [0.1, 0.15) is 32.6 Å². The van der Waals surface area contributed by atoms with Gasteiger partial charge in [-0.25, -0.2) is 0 Å². The van der Waals surface area contributed by atoms with Gasteiger partial charge in [-0.3, -0.25) is 4.90 Å². The summed E-state index contributed by atoms with van der Waals surface area (Å²) in [5.74, 6) is 0.840. The third kappa shape index (κ3) is 3.92. The maximum Gasteiger partial charge on any atom is 0.0798 e. The Kier molecular flexibility index (Phi) is 5.01. The third-order valence-corrected chi connectivity index (χ3v) is 4.49. The van der Waals surface area contributed by atoms with E-state index in [0.717, 1.165) is 51.5 Å². The van der Waals surface area contributed by atoms with Crippen molar-refractivity contribution in [1.29, 1.82) is 0 Å². The van der Waals surface area contributed by atoms with Gasteiger partial charge in [-0.05, 0) is 51.6 Å². The predicted octanol–water partition coefficient (Wildman–Crippen LogP) is 0.848. The number of piperidine rings is 1. The van der Waals surface area contributed by atoms with Crippen molar-refractivity contribution in [2.24, 2.45) is 5.92 Å². The number of rotatable bonds is 7. The molecule has 1 saturated heterocycles. The Balaban J connectivity index is 1.89. The first kappa shape index (κ1) is 14.3. The predicted molar refractivity (Wildman–Crippen MR) is 72.7 cm³/mol. The molecule has 1 heterocycles. The van der Waals surface area contributed by atoms with Crippen LogP contribution in [0.5, 0.6) is 0 Å². The first-order valence-corrected chi connectivity index (χ1v) is 7.31. The van der Waals surface area contributed by atoms with Crippen molar-refractivity contribution < 1.29 is 9.84 Å². The molecule has 1 atom stereocenters. The molecule has 18 heavy (non-hydrogen) atoms. The molecule has 1 unspecified atom stereocenters. The smallest absolute Gasteiger partial charge is 0.0798 e. The molecule has 106 valence electrons. The first-order chi connectivity index (χ1) is 8.64. The van der Waals surface area contributed by atoms with Gasteiger partial charge in [0, 0.05) is 26.2 Å². The molecule has 4 heteroatoms. The molecular formula is C14H28N2O2. The summed E-state index contributed by atoms with van der Waals surface area (Å²) in [7, 11) is 1.75. The largest absolute Gasteiger partial charge is 0.388 e. The van der Waals surface area contributed by atoms with Crippen molar-refractivity contribution in [3.63, 3.8) is 0 Å². The summed E-state index contributed by atoms with van der Waals surface area (Å²) in [6, 6.07) is 0.582. The molecule has 1 aliphatic heterocycles. The van der Waals surface area contributed by atoms with E-state index in [4.69, 9.17) is 4.74 Å². The molecule has 4 nitrogen and oxygen atoms in total. The lowest BCUT2D eigenvalue weighted by Crippen LogP contribution is -2.52. The third-order valence-electron chi connectivity index (χ3n) is 4.49. The number of nitrogens with one attached hydrogen (secondary N) is 1. The highest BCUT2D eigenvalue weighted by atomic mass is 16.5. The Labute approximate surface area is 111 Å². The van der Waals surface area contributed by atoms with E-state index in [1.807, 2.05) is 0 Å². The molecule has 0 amide bonds. The summed E-state index contributed by atoms with van der Waals surface area (Å²) < 4.78 is 5.21. The lowest BCUT2D eigenvalue weighted by molar-refractivity contribution is -0.0362. The normalized spacial score (nSPS) is 25.3. The standard InChI is InChI=1S/C14H28N2O2/c1-12(13-3-4-13)16(9-10-18-2)11-14(17)5-7-15-8-6-14/h12-13,15,17H,3-11H2,1-2H3. The van der Waals surface area contributed by atoms with Gasteiger partial charge < -0.3 is 15.2 Å². The summed E-state index contributed by atoms with van der Waals surface area (Å²) in [4.78, 5) is 2.44. The molecule has 0 aromatic rings. The van der Waals surface area contributed by atoms with E-state index in [1.165, 1.54) is 12.8 Å². The van der Waals surface area contributed by atoms with Crippen LogP contribution in [-0.2, 0) is 4.74 Å². The Morgan fingerprint density at radius 3 is 2.61 bits per heavy atom. The molecule has 2 N–H and O–H groups in total. The summed E-state index contributed by atoms with van der Waals surface area (Å²) in [5, 5.41) is 14.0. The Morgan fingerprint density at radius 2 is 2.06 bits per heavy atom. The zero-order chi connectivity index (χ0) is 13.0. The number of nitrogens with zero attached hydrogens (tertiary/aromatic N) is 1. The minimum Gasteiger partial charge on any atom is -0.388 e. The topological polar surface area (TPSA) is 44.7 Å². The van der Waals surface area contributed by atoms with Crippen LogP contribution in [0.3, 0.4) is 0 Å². The highest BCUT2D eigenvalue weighted by Gasteiger charge is 2.37. The van der Waals surface area contributed by atoms with Crippen molar-refractivity contribution in [3.8, 4) is 0 Å². The zero-order valence-corrected chi connectivity index (χ0v) is 11.8. The molecule has 2 rings (SSSR count). The molecular weight excluding hydrogens is 228 g/mol. The summed E-state index contributed by atoms with van der Waals surface area (Å²) in [6.45, 7) is 6.67. The Hall–Kier alpha value is -0.160. The monoisotopic (exact) mass is 256 g/mol. The fraction of sp³-hybridized carbons (Fsp3) is 1.00. The van der Waals surface area contributed by atoms with Gasteiger partial charge in [0.25, 0.3) is 0 Å². The van der Waals surface area contributed by atoms with Crippen molar-refractivity contribution in [1.82, 2.24) is 10.2 Å². The number of hydrogen-bond acceptors (Lipinski definition) is 4. The number of aliphatic hydroxyl groups is 1. The Morgan fingerprint density at radius 1 is 1.39 bits per heavy atom. The number of ether oxygens (including phenoxy) is 1. The van der Waals surface area contributed by atoms with Crippen LogP contribution in [0.2, 0.25) is 0 Å². The van der Waals surface area contributed by atoms with Gasteiger partial charge in [0.05, 0.1) is 12.2 Å². The van der Waals surface area contributed by atoms with Crippen molar-refractivity contribution >= 4 is 0 Å². The fourth-order valence-electron chi connectivity index (χ4n) is 2.94. The van der Waals surface area contributed by atoms with Crippen LogP contribution >= 0.6 is 0 Å². The van der Waals surface area contributed by atoms with E-state index < -0.39 is 5.60 Å². The van der Waals surface area contributed by atoms with E-state index >= 15 is 0 Å². The van der Waals surface area contributed by atoms with Gasteiger partial charge >= 0.3 is 0 Å². The van der Waals surface area contributed by atoms with Gasteiger partial charge in [-0.2, -0.15) is 0 Å². The van der Waals surface area contributed by atoms with Crippen molar-refractivity contribution in [3.05, 3.63) is 0 Å². The van der Waals surface area contributed by atoms with Crippen molar-refractivity contribution in [2.45, 2.75) is 44.2 Å². The van der Waals surface area contributed by atoms with Crippen LogP contribution in [-0.4, -0.2) is 61.5 Å². The highest BCUT2D eigenvalue weighted by molar-refractivity contribution is 4.92. The number of hydrogen-bond donors (Lipinski definition) is 2. The number of methoxy groups -OCH3 is 1. The van der Waals surface area contributed by atoms with Gasteiger partial charge in [0.2, 0.25) is 0 Å². The first-order valence-electron chi connectivity index (χ1n) is 7.31. The summed E-state index contributed by atoms with van der Waals surface area (Å²) in [5.41, 5.74) is -0.498. The van der Waals surface area contributed by atoms with Crippen LogP contribution < -0.4 is 5.32 Å². The maximum absolute atomic E-state index is 10.7. The van der Waals surface area contributed by atoms with E-state index in [9.17, 15) is 5.11 Å². The molecule has 0 spiro atoms. The van der Waals surface area contributed by atoms with Gasteiger partial charge in [0.1, 0.15) is 0 Å². The van der Waals surface area contributed by atoms with Crippen LogP contribution in [0.25, 0.3) is 0 Å². The second-order valence-corrected chi connectivity index (χ2v) is 6.02. The second-order valence-electron chi connectivity index (χ2n) is 6.02. The van der Waals surface area contributed by atoms with Gasteiger partial charge in [0.15, 0.2) is 0 Å². The molecule has 0 aromatic heterocycles. The van der Waals surface area contributed by atoms with Crippen LogP contribution in [0, 0.1) is 5.92 Å². The highest BCUT2D eigenvalue weighted by Crippen LogP contribution is 2.36. The average Bonchev–Trinajstić information content (AvgIpc) is 3.18. The van der Waals surface area contributed by atoms with Gasteiger partial charge in [-0.1, -0.05) is 0 Å². The summed E-state index contributed by atoms with van der Waals surface area (Å²) >= 11 is 0. The lowest BCUT2D eigenvalue weighted by Gasteiger charge is -2.39. The fourth-order valence-corrected chi connectivity index (χ4v) is 2.94. The lowest BCUT2D eigenvalue weighted by atomic mass is 9.91. The van der Waals surface area contributed by atoms with Crippen molar-refractivity contribution in [2.75, 3.05) is 39.9 Å².